The summed E-state index contributed by atoms with van der Waals surface area (Å²) in [6.07, 6.45) is 4.32. The number of hydrogen-bond acceptors (Lipinski definition) is 4. The zero-order chi connectivity index (χ0) is 20.5. The molecule has 1 aliphatic heterocycles. The van der Waals surface area contributed by atoms with E-state index >= 15 is 0 Å². The summed E-state index contributed by atoms with van der Waals surface area (Å²) >= 11 is 0. The van der Waals surface area contributed by atoms with Gasteiger partial charge in [0, 0.05) is 54.1 Å². The predicted molar refractivity (Wildman–Crippen MR) is 117 cm³/mol. The summed E-state index contributed by atoms with van der Waals surface area (Å²) in [5.74, 6) is 0.0669. The monoisotopic (exact) mass is 400 g/mol. The van der Waals surface area contributed by atoms with Gasteiger partial charge in [0.2, 0.25) is 0 Å². The van der Waals surface area contributed by atoms with E-state index in [1.807, 2.05) is 42.5 Å². The molecule has 0 saturated carbocycles. The van der Waals surface area contributed by atoms with Crippen LogP contribution in [0, 0.1) is 5.82 Å². The molecule has 4 aromatic rings. The fourth-order valence-electron chi connectivity index (χ4n) is 4.09. The molecule has 1 unspecified atom stereocenters. The van der Waals surface area contributed by atoms with Gasteiger partial charge in [0.25, 0.3) is 0 Å². The van der Waals surface area contributed by atoms with E-state index in [9.17, 15) is 9.50 Å². The first kappa shape index (κ1) is 18.4. The van der Waals surface area contributed by atoms with Gasteiger partial charge in [-0.1, -0.05) is 24.3 Å². The van der Waals surface area contributed by atoms with Crippen molar-refractivity contribution in [2.45, 2.75) is 12.3 Å². The number of nitrogens with one attached hydrogen (secondary N) is 1. The van der Waals surface area contributed by atoms with Gasteiger partial charge in [-0.2, -0.15) is 0 Å². The number of fused-ring (bicyclic) bond motifs is 1. The molecule has 2 aromatic carbocycles. The van der Waals surface area contributed by atoms with Gasteiger partial charge in [-0.25, -0.2) is 4.39 Å². The van der Waals surface area contributed by atoms with E-state index in [4.69, 9.17) is 0 Å². The minimum absolute atomic E-state index is 0.0506. The number of aliphatic imine (C=N–C) groups is 1. The lowest BCUT2D eigenvalue weighted by Gasteiger charge is -2.19. The molecule has 0 spiro atoms. The number of H-pyrrole nitrogens is 1. The van der Waals surface area contributed by atoms with Crippen molar-refractivity contribution in [2.75, 3.05) is 18.0 Å². The summed E-state index contributed by atoms with van der Waals surface area (Å²) < 4.78 is 14.8. The molecule has 1 fully saturated rings. The van der Waals surface area contributed by atoms with E-state index < -0.39 is 0 Å². The molecule has 0 radical (unpaired) electrons. The molecule has 5 rings (SSSR count). The molecule has 6 heteroatoms. The zero-order valence-corrected chi connectivity index (χ0v) is 16.3. The number of rotatable bonds is 4. The highest BCUT2D eigenvalue weighted by Gasteiger charge is 2.26. The normalized spacial score (nSPS) is 16.7. The van der Waals surface area contributed by atoms with Gasteiger partial charge in [-0.05, 0) is 36.8 Å². The van der Waals surface area contributed by atoms with Gasteiger partial charge < -0.3 is 15.0 Å². The number of aromatic hydroxyl groups is 1. The quantitative estimate of drug-likeness (QED) is 0.466. The number of hydrogen-bond donors (Lipinski definition) is 2. The highest BCUT2D eigenvalue weighted by Crippen LogP contribution is 2.33. The highest BCUT2D eigenvalue weighted by atomic mass is 19.1. The van der Waals surface area contributed by atoms with E-state index in [1.54, 1.807) is 24.5 Å². The van der Waals surface area contributed by atoms with Crippen LogP contribution >= 0.6 is 0 Å². The van der Waals surface area contributed by atoms with Crippen LogP contribution in [0.1, 0.15) is 23.6 Å². The van der Waals surface area contributed by atoms with Crippen LogP contribution in [0.2, 0.25) is 0 Å². The standard InChI is InChI=1S/C24H21FN4O/c25-20-13-17(27-14-19-18-5-1-2-7-22(18)28-24(19)30)8-9-23(20)29-12-10-16(15-29)21-6-3-4-11-26-21/h1-9,11,13-14,16,28,30H,10,12,15H2. The third-order valence-corrected chi connectivity index (χ3v) is 5.63. The van der Waals surface area contributed by atoms with Crippen molar-refractivity contribution >= 4 is 28.5 Å². The molecular formula is C24H21FN4O. The first-order valence-electron chi connectivity index (χ1n) is 9.98. The van der Waals surface area contributed by atoms with Crippen LogP contribution in [0.5, 0.6) is 5.88 Å². The van der Waals surface area contributed by atoms with Crippen molar-refractivity contribution in [3.8, 4) is 5.88 Å². The van der Waals surface area contributed by atoms with Crippen LogP contribution < -0.4 is 4.90 Å². The van der Waals surface area contributed by atoms with E-state index in [1.165, 1.54) is 6.07 Å². The largest absolute Gasteiger partial charge is 0.494 e. The third kappa shape index (κ3) is 3.41. The SMILES string of the molecule is Oc1[nH]c2ccccc2c1C=Nc1ccc(N2CCC(c3ccccn3)C2)c(F)c1. The average Bonchev–Trinajstić information content (AvgIpc) is 3.37. The number of benzene rings is 2. The lowest BCUT2D eigenvalue weighted by molar-refractivity contribution is 0.457. The molecule has 150 valence electrons. The lowest BCUT2D eigenvalue weighted by Crippen LogP contribution is -2.20. The highest BCUT2D eigenvalue weighted by molar-refractivity contribution is 6.02. The Bertz CT molecular complexity index is 1220. The van der Waals surface area contributed by atoms with Gasteiger partial charge in [0.1, 0.15) is 5.82 Å². The topological polar surface area (TPSA) is 64.5 Å². The Morgan fingerprint density at radius 2 is 2.00 bits per heavy atom. The minimum atomic E-state index is -0.297. The summed E-state index contributed by atoms with van der Waals surface area (Å²) in [7, 11) is 0. The summed E-state index contributed by atoms with van der Waals surface area (Å²) in [4.78, 5) is 13.8. The Morgan fingerprint density at radius 1 is 1.13 bits per heavy atom. The van der Waals surface area contributed by atoms with Crippen molar-refractivity contribution in [1.82, 2.24) is 9.97 Å². The maximum Gasteiger partial charge on any atom is 0.198 e. The van der Waals surface area contributed by atoms with Gasteiger partial charge in [0.15, 0.2) is 5.88 Å². The number of nitrogens with zero attached hydrogens (tertiary/aromatic N) is 3. The maximum absolute atomic E-state index is 14.8. The molecule has 5 nitrogen and oxygen atoms in total. The molecule has 0 aliphatic carbocycles. The number of anilines is 1. The molecule has 1 saturated heterocycles. The number of aromatic amines is 1. The number of pyridine rings is 1. The van der Waals surface area contributed by atoms with Crippen molar-refractivity contribution in [2.24, 2.45) is 4.99 Å². The second kappa shape index (κ2) is 7.63. The van der Waals surface area contributed by atoms with Gasteiger partial charge in [-0.3, -0.25) is 9.98 Å². The molecule has 0 bridgehead atoms. The Kier molecular flexibility index (Phi) is 4.67. The second-order valence-corrected chi connectivity index (χ2v) is 7.51. The van der Waals surface area contributed by atoms with Crippen LogP contribution in [0.15, 0.2) is 71.9 Å². The molecule has 0 amide bonds. The van der Waals surface area contributed by atoms with Crippen molar-refractivity contribution in [3.05, 3.63) is 83.9 Å². The lowest BCUT2D eigenvalue weighted by atomic mass is 10.0. The van der Waals surface area contributed by atoms with E-state index in [2.05, 4.69) is 19.9 Å². The zero-order valence-electron chi connectivity index (χ0n) is 16.3. The van der Waals surface area contributed by atoms with Crippen molar-refractivity contribution < 1.29 is 9.50 Å². The van der Waals surface area contributed by atoms with Crippen LogP contribution in [0.25, 0.3) is 10.9 Å². The average molecular weight is 400 g/mol. The predicted octanol–water partition coefficient (Wildman–Crippen LogP) is 5.15. The van der Waals surface area contributed by atoms with Crippen molar-refractivity contribution in [3.63, 3.8) is 0 Å². The van der Waals surface area contributed by atoms with Crippen LogP contribution in [-0.4, -0.2) is 34.4 Å². The number of para-hydroxylation sites is 1. The second-order valence-electron chi connectivity index (χ2n) is 7.51. The Hall–Kier alpha value is -3.67. The Labute approximate surface area is 173 Å². The summed E-state index contributed by atoms with van der Waals surface area (Å²) in [6, 6.07) is 18.5. The first-order valence-corrected chi connectivity index (χ1v) is 9.98. The third-order valence-electron chi connectivity index (χ3n) is 5.63. The van der Waals surface area contributed by atoms with Crippen LogP contribution in [0.4, 0.5) is 15.8 Å². The molecule has 2 aromatic heterocycles. The number of aromatic nitrogens is 2. The molecule has 2 N–H and O–H groups in total. The summed E-state index contributed by atoms with van der Waals surface area (Å²) in [5.41, 5.74) is 3.56. The molecule has 30 heavy (non-hydrogen) atoms. The minimum Gasteiger partial charge on any atom is -0.494 e. The van der Waals surface area contributed by atoms with E-state index in [0.717, 1.165) is 36.1 Å². The van der Waals surface area contributed by atoms with Crippen LogP contribution in [0.3, 0.4) is 0 Å². The summed E-state index contributed by atoms with van der Waals surface area (Å²) in [6.45, 7) is 1.55. The fraction of sp³-hybridized carbons (Fsp3) is 0.167. The molecule has 1 aliphatic rings. The first-order chi connectivity index (χ1) is 14.7. The summed E-state index contributed by atoms with van der Waals surface area (Å²) in [5, 5.41) is 11.0. The Morgan fingerprint density at radius 3 is 2.83 bits per heavy atom. The van der Waals surface area contributed by atoms with Gasteiger partial charge in [-0.15, -0.1) is 0 Å². The van der Waals surface area contributed by atoms with Crippen LogP contribution in [-0.2, 0) is 0 Å². The molecular weight excluding hydrogens is 379 g/mol. The molecule has 1 atom stereocenters. The van der Waals surface area contributed by atoms with Crippen molar-refractivity contribution in [1.29, 1.82) is 0 Å². The fourth-order valence-corrected chi connectivity index (χ4v) is 4.09. The van der Waals surface area contributed by atoms with Gasteiger partial charge in [0.05, 0.1) is 16.9 Å². The number of halogens is 1. The maximum atomic E-state index is 14.8. The van der Waals surface area contributed by atoms with E-state index in [0.29, 0.717) is 22.9 Å². The molecule has 3 heterocycles. The Balaban J connectivity index is 1.35. The van der Waals surface area contributed by atoms with E-state index in [-0.39, 0.29) is 11.7 Å². The van der Waals surface area contributed by atoms with Gasteiger partial charge >= 0.3 is 0 Å². The smallest absolute Gasteiger partial charge is 0.198 e.